The molecule has 1 unspecified atom stereocenters. The summed E-state index contributed by atoms with van der Waals surface area (Å²) in [7, 11) is 0. The second-order valence-electron chi connectivity index (χ2n) is 5.62. The molecule has 4 heteroatoms. The first-order chi connectivity index (χ1) is 8.85. The van der Waals surface area contributed by atoms with Crippen LogP contribution >= 0.6 is 0 Å². The lowest BCUT2D eigenvalue weighted by Crippen LogP contribution is -2.51. The zero-order valence-electron chi connectivity index (χ0n) is 12.5. The maximum atomic E-state index is 12.1. The maximum absolute atomic E-state index is 12.1. The Kier molecular flexibility index (Phi) is 5.48. The first kappa shape index (κ1) is 15.6. The molecule has 1 aromatic heterocycles. The fraction of sp³-hybridized carbons (Fsp3) is 0.600. The van der Waals surface area contributed by atoms with Gasteiger partial charge in [0.15, 0.2) is 0 Å². The number of carbonyl (C=O) groups excluding carboxylic acids is 1. The first-order valence-corrected chi connectivity index (χ1v) is 6.83. The molecule has 0 bridgehead atoms. The minimum absolute atomic E-state index is 0.0350. The molecule has 0 aromatic carbocycles. The number of aromatic nitrogens is 1. The third-order valence-corrected chi connectivity index (χ3v) is 3.44. The highest BCUT2D eigenvalue weighted by molar-refractivity contribution is 5.82. The van der Waals surface area contributed by atoms with E-state index in [0.29, 0.717) is 0 Å². The number of hydrogen-bond donors (Lipinski definition) is 2. The summed E-state index contributed by atoms with van der Waals surface area (Å²) in [6.45, 7) is 10.1. The van der Waals surface area contributed by atoms with Gasteiger partial charge >= 0.3 is 0 Å². The van der Waals surface area contributed by atoms with E-state index in [4.69, 9.17) is 0 Å². The number of nitrogens with zero attached hydrogens (tertiary/aromatic N) is 1. The average Bonchev–Trinajstić information content (AvgIpc) is 2.39. The van der Waals surface area contributed by atoms with Crippen molar-refractivity contribution in [2.75, 3.05) is 0 Å². The molecule has 1 rings (SSSR count). The van der Waals surface area contributed by atoms with Gasteiger partial charge in [-0.3, -0.25) is 15.1 Å². The highest BCUT2D eigenvalue weighted by Crippen LogP contribution is 2.12. The van der Waals surface area contributed by atoms with Crippen molar-refractivity contribution in [2.45, 2.75) is 58.7 Å². The molecule has 0 spiro atoms. The van der Waals surface area contributed by atoms with Crippen LogP contribution in [0.1, 0.15) is 52.6 Å². The van der Waals surface area contributed by atoms with Crippen molar-refractivity contribution < 1.29 is 4.79 Å². The van der Waals surface area contributed by atoms with Gasteiger partial charge in [-0.2, -0.15) is 0 Å². The van der Waals surface area contributed by atoms with Crippen LogP contribution in [0.25, 0.3) is 0 Å². The van der Waals surface area contributed by atoms with Gasteiger partial charge in [0, 0.05) is 24.0 Å². The minimum atomic E-state index is -0.228. The number of pyridine rings is 1. The molecule has 4 nitrogen and oxygen atoms in total. The Morgan fingerprint density at radius 3 is 2.42 bits per heavy atom. The molecule has 1 aromatic rings. The summed E-state index contributed by atoms with van der Waals surface area (Å²) in [5, 5.41) is 6.35. The third-order valence-electron chi connectivity index (χ3n) is 3.44. The van der Waals surface area contributed by atoms with Crippen LogP contribution in [0.2, 0.25) is 0 Å². The van der Waals surface area contributed by atoms with Crippen LogP contribution in [0.4, 0.5) is 0 Å². The lowest BCUT2D eigenvalue weighted by atomic mass is 10.0. The molecule has 0 aliphatic heterocycles. The van der Waals surface area contributed by atoms with Gasteiger partial charge in [-0.25, -0.2) is 0 Å². The van der Waals surface area contributed by atoms with Crippen molar-refractivity contribution in [1.82, 2.24) is 15.6 Å². The molecule has 0 saturated carbocycles. The zero-order valence-corrected chi connectivity index (χ0v) is 12.5. The fourth-order valence-corrected chi connectivity index (χ4v) is 1.73. The van der Waals surface area contributed by atoms with Crippen molar-refractivity contribution in [3.63, 3.8) is 0 Å². The third kappa shape index (κ3) is 4.99. The Balaban J connectivity index is 2.55. The topological polar surface area (TPSA) is 54.0 Å². The van der Waals surface area contributed by atoms with Crippen LogP contribution in [0, 0.1) is 0 Å². The van der Waals surface area contributed by atoms with Crippen molar-refractivity contribution in [3.05, 3.63) is 30.1 Å². The Morgan fingerprint density at radius 2 is 1.89 bits per heavy atom. The smallest absolute Gasteiger partial charge is 0.237 e. The lowest BCUT2D eigenvalue weighted by Gasteiger charge is -2.28. The Bertz CT molecular complexity index is 403. The van der Waals surface area contributed by atoms with Gasteiger partial charge < -0.3 is 5.32 Å². The summed E-state index contributed by atoms with van der Waals surface area (Å²) in [6.07, 6.45) is 4.43. The number of hydrogen-bond acceptors (Lipinski definition) is 3. The maximum Gasteiger partial charge on any atom is 0.237 e. The monoisotopic (exact) mass is 263 g/mol. The molecule has 2 N–H and O–H groups in total. The van der Waals surface area contributed by atoms with E-state index >= 15 is 0 Å². The van der Waals surface area contributed by atoms with Crippen LogP contribution < -0.4 is 10.6 Å². The summed E-state index contributed by atoms with van der Waals surface area (Å²) in [4.78, 5) is 16.1. The number of carbonyl (C=O) groups is 1. The highest BCUT2D eigenvalue weighted by atomic mass is 16.2. The molecule has 2 atom stereocenters. The fourth-order valence-electron chi connectivity index (χ4n) is 1.73. The van der Waals surface area contributed by atoms with Crippen molar-refractivity contribution in [1.29, 1.82) is 0 Å². The quantitative estimate of drug-likeness (QED) is 0.829. The van der Waals surface area contributed by atoms with E-state index in [0.717, 1.165) is 12.0 Å². The number of amides is 1. The predicted octanol–water partition coefficient (Wildman–Crippen LogP) is 2.43. The molecule has 1 heterocycles. The van der Waals surface area contributed by atoms with Gasteiger partial charge in [-0.05, 0) is 51.8 Å². The van der Waals surface area contributed by atoms with E-state index in [1.54, 1.807) is 12.4 Å². The molecule has 0 radical (unpaired) electrons. The second kappa shape index (κ2) is 6.66. The second-order valence-corrected chi connectivity index (χ2v) is 5.62. The molecule has 19 heavy (non-hydrogen) atoms. The van der Waals surface area contributed by atoms with E-state index in [1.807, 2.05) is 39.8 Å². The van der Waals surface area contributed by atoms with Crippen LogP contribution in [-0.4, -0.2) is 22.5 Å². The highest BCUT2D eigenvalue weighted by Gasteiger charge is 2.22. The molecule has 1 amide bonds. The van der Waals surface area contributed by atoms with Gasteiger partial charge in [-0.15, -0.1) is 0 Å². The minimum Gasteiger partial charge on any atom is -0.350 e. The summed E-state index contributed by atoms with van der Waals surface area (Å²) in [6, 6.07) is 3.80. The normalized spacial score (nSPS) is 14.8. The van der Waals surface area contributed by atoms with Crippen molar-refractivity contribution in [3.8, 4) is 0 Å². The van der Waals surface area contributed by atoms with E-state index in [-0.39, 0.29) is 23.5 Å². The Morgan fingerprint density at radius 1 is 1.32 bits per heavy atom. The average molecular weight is 263 g/mol. The Labute approximate surface area is 116 Å². The van der Waals surface area contributed by atoms with Crippen LogP contribution in [0.15, 0.2) is 24.5 Å². The standard InChI is InChI=1S/C15H25N3O/c1-6-15(4,5)18-14(19)12(3)17-11(2)13-7-9-16-10-8-13/h7-12,17H,6H2,1-5H3,(H,18,19)/t11-,12?/m0/s1. The van der Waals surface area contributed by atoms with Crippen molar-refractivity contribution in [2.24, 2.45) is 0 Å². The van der Waals surface area contributed by atoms with E-state index < -0.39 is 0 Å². The summed E-state index contributed by atoms with van der Waals surface area (Å²) < 4.78 is 0. The van der Waals surface area contributed by atoms with Crippen LogP contribution in [0.5, 0.6) is 0 Å². The van der Waals surface area contributed by atoms with Crippen LogP contribution in [-0.2, 0) is 4.79 Å². The summed E-state index contributed by atoms with van der Waals surface area (Å²) in [5.74, 6) is 0.0350. The molecular weight excluding hydrogens is 238 g/mol. The van der Waals surface area contributed by atoms with E-state index in [1.165, 1.54) is 0 Å². The molecular formula is C15H25N3O. The van der Waals surface area contributed by atoms with Crippen LogP contribution in [0.3, 0.4) is 0 Å². The lowest BCUT2D eigenvalue weighted by molar-refractivity contribution is -0.124. The van der Waals surface area contributed by atoms with E-state index in [9.17, 15) is 4.79 Å². The SMILES string of the molecule is CCC(C)(C)NC(=O)C(C)N[C@@H](C)c1ccncc1. The van der Waals surface area contributed by atoms with Gasteiger partial charge in [-0.1, -0.05) is 6.92 Å². The number of nitrogens with one attached hydrogen (secondary N) is 2. The molecule has 0 saturated heterocycles. The van der Waals surface area contributed by atoms with E-state index in [2.05, 4.69) is 22.5 Å². The Hall–Kier alpha value is -1.42. The molecule has 0 fully saturated rings. The molecule has 0 aliphatic carbocycles. The van der Waals surface area contributed by atoms with Crippen molar-refractivity contribution >= 4 is 5.91 Å². The summed E-state index contributed by atoms with van der Waals surface area (Å²) in [5.41, 5.74) is 0.969. The zero-order chi connectivity index (χ0) is 14.5. The first-order valence-electron chi connectivity index (χ1n) is 6.83. The van der Waals surface area contributed by atoms with Gasteiger partial charge in [0.05, 0.1) is 6.04 Å². The molecule has 0 aliphatic rings. The number of rotatable bonds is 6. The predicted molar refractivity (Wildman–Crippen MR) is 77.8 cm³/mol. The largest absolute Gasteiger partial charge is 0.350 e. The molecule has 106 valence electrons. The van der Waals surface area contributed by atoms with Gasteiger partial charge in [0.25, 0.3) is 0 Å². The van der Waals surface area contributed by atoms with Gasteiger partial charge in [0.1, 0.15) is 0 Å². The summed E-state index contributed by atoms with van der Waals surface area (Å²) >= 11 is 0. The van der Waals surface area contributed by atoms with Gasteiger partial charge in [0.2, 0.25) is 5.91 Å².